The molecule has 7 nitrogen and oxygen atoms in total. The Hall–Kier alpha value is -3.22. The number of benzene rings is 2. The smallest absolute Gasteiger partial charge is 0.270 e. The minimum absolute atomic E-state index is 0.0210. The number of nitro groups is 1. The fourth-order valence-corrected chi connectivity index (χ4v) is 2.45. The second-order valence-electron chi connectivity index (χ2n) is 5.81. The molecule has 1 amide bonds. The molecule has 136 valence electrons. The van der Waals surface area contributed by atoms with E-state index in [1.54, 1.807) is 19.2 Å². The maximum atomic E-state index is 11.8. The van der Waals surface area contributed by atoms with Gasteiger partial charge in [0.25, 0.3) is 5.69 Å². The Morgan fingerprint density at radius 1 is 1.31 bits per heavy atom. The van der Waals surface area contributed by atoms with Crippen molar-refractivity contribution in [2.24, 2.45) is 5.10 Å². The monoisotopic (exact) mass is 355 g/mol. The SMILES string of the molecule is COc1cc(C)ccc1CCCC(=O)N/N=C/c1cccc([N+](=O)[O-])c1. The first kappa shape index (κ1) is 19.1. The van der Waals surface area contributed by atoms with Gasteiger partial charge >= 0.3 is 0 Å². The molecule has 2 aromatic carbocycles. The van der Waals surface area contributed by atoms with Crippen molar-refractivity contribution in [1.29, 1.82) is 0 Å². The van der Waals surface area contributed by atoms with Crippen molar-refractivity contribution in [1.82, 2.24) is 5.43 Å². The number of nitro benzene ring substituents is 1. The summed E-state index contributed by atoms with van der Waals surface area (Å²) in [5.74, 6) is 0.617. The Balaban J connectivity index is 1.80. The number of hydrogen-bond donors (Lipinski definition) is 1. The van der Waals surface area contributed by atoms with Crippen molar-refractivity contribution in [3.63, 3.8) is 0 Å². The van der Waals surface area contributed by atoms with E-state index >= 15 is 0 Å². The number of aryl methyl sites for hydroxylation is 2. The first-order valence-electron chi connectivity index (χ1n) is 8.19. The Bertz CT molecular complexity index is 818. The van der Waals surface area contributed by atoms with Crippen molar-refractivity contribution in [3.8, 4) is 5.75 Å². The molecule has 0 aliphatic rings. The molecule has 0 saturated carbocycles. The zero-order valence-electron chi connectivity index (χ0n) is 14.8. The molecule has 0 aromatic heterocycles. The zero-order valence-corrected chi connectivity index (χ0v) is 14.8. The van der Waals surface area contributed by atoms with E-state index in [9.17, 15) is 14.9 Å². The Kier molecular flexibility index (Phi) is 6.84. The predicted molar refractivity (Wildman–Crippen MR) is 99.5 cm³/mol. The Labute approximate surface area is 151 Å². The molecule has 0 aliphatic heterocycles. The number of nitrogens with one attached hydrogen (secondary N) is 1. The number of nitrogens with zero attached hydrogens (tertiary/aromatic N) is 2. The third kappa shape index (κ3) is 5.70. The van der Waals surface area contributed by atoms with E-state index in [-0.39, 0.29) is 11.6 Å². The van der Waals surface area contributed by atoms with Crippen LogP contribution >= 0.6 is 0 Å². The van der Waals surface area contributed by atoms with Crippen LogP contribution in [0.25, 0.3) is 0 Å². The van der Waals surface area contributed by atoms with Crippen LogP contribution in [0, 0.1) is 17.0 Å². The molecule has 26 heavy (non-hydrogen) atoms. The van der Waals surface area contributed by atoms with E-state index < -0.39 is 4.92 Å². The average molecular weight is 355 g/mol. The van der Waals surface area contributed by atoms with E-state index in [4.69, 9.17) is 4.74 Å². The summed E-state index contributed by atoms with van der Waals surface area (Å²) >= 11 is 0. The van der Waals surface area contributed by atoms with Crippen LogP contribution in [-0.4, -0.2) is 24.2 Å². The molecule has 0 heterocycles. The molecule has 0 saturated heterocycles. The third-order valence-corrected chi connectivity index (χ3v) is 3.78. The van der Waals surface area contributed by atoms with Crippen LogP contribution in [0.3, 0.4) is 0 Å². The lowest BCUT2D eigenvalue weighted by molar-refractivity contribution is -0.384. The van der Waals surface area contributed by atoms with Crippen LogP contribution in [0.5, 0.6) is 5.75 Å². The number of carbonyl (C=O) groups is 1. The number of amides is 1. The van der Waals surface area contributed by atoms with Crippen LogP contribution in [0.2, 0.25) is 0 Å². The topological polar surface area (TPSA) is 93.8 Å². The second kappa shape index (κ2) is 9.31. The summed E-state index contributed by atoms with van der Waals surface area (Å²) in [6.07, 6.45) is 3.10. The van der Waals surface area contributed by atoms with Gasteiger partial charge in [-0.25, -0.2) is 5.43 Å². The minimum atomic E-state index is -0.477. The highest BCUT2D eigenvalue weighted by Crippen LogP contribution is 2.21. The lowest BCUT2D eigenvalue weighted by atomic mass is 10.0. The van der Waals surface area contributed by atoms with E-state index in [1.807, 2.05) is 25.1 Å². The number of non-ortho nitro benzene ring substituents is 1. The number of rotatable bonds is 8. The summed E-state index contributed by atoms with van der Waals surface area (Å²) in [6, 6.07) is 12.0. The van der Waals surface area contributed by atoms with Gasteiger partial charge in [0, 0.05) is 24.1 Å². The number of hydrazone groups is 1. The summed E-state index contributed by atoms with van der Waals surface area (Å²) in [5.41, 5.74) is 5.14. The fourth-order valence-electron chi connectivity index (χ4n) is 2.45. The molecule has 1 N–H and O–H groups in total. The molecule has 0 atom stereocenters. The van der Waals surface area contributed by atoms with Gasteiger partial charge in [0.15, 0.2) is 0 Å². The van der Waals surface area contributed by atoms with Crippen LogP contribution < -0.4 is 10.2 Å². The van der Waals surface area contributed by atoms with Crippen LogP contribution in [0.15, 0.2) is 47.6 Å². The van der Waals surface area contributed by atoms with Gasteiger partial charge in [0.1, 0.15) is 5.75 Å². The largest absolute Gasteiger partial charge is 0.496 e. The average Bonchev–Trinajstić information content (AvgIpc) is 2.63. The fraction of sp³-hybridized carbons (Fsp3) is 0.263. The van der Waals surface area contributed by atoms with Gasteiger partial charge in [-0.15, -0.1) is 0 Å². The molecule has 0 bridgehead atoms. The molecule has 0 aliphatic carbocycles. The number of ether oxygens (including phenoxy) is 1. The maximum absolute atomic E-state index is 11.8. The number of carbonyl (C=O) groups excluding carboxylic acids is 1. The van der Waals surface area contributed by atoms with E-state index in [1.165, 1.54) is 18.3 Å². The summed E-state index contributed by atoms with van der Waals surface area (Å²) in [6.45, 7) is 2.00. The van der Waals surface area contributed by atoms with Crippen LogP contribution in [-0.2, 0) is 11.2 Å². The number of methoxy groups -OCH3 is 1. The van der Waals surface area contributed by atoms with Gasteiger partial charge < -0.3 is 4.74 Å². The summed E-state index contributed by atoms with van der Waals surface area (Å²) in [5, 5.41) is 14.6. The zero-order chi connectivity index (χ0) is 18.9. The minimum Gasteiger partial charge on any atom is -0.496 e. The highest BCUT2D eigenvalue weighted by atomic mass is 16.6. The highest BCUT2D eigenvalue weighted by molar-refractivity contribution is 5.83. The summed E-state index contributed by atoms with van der Waals surface area (Å²) in [4.78, 5) is 22.1. The summed E-state index contributed by atoms with van der Waals surface area (Å²) < 4.78 is 5.35. The van der Waals surface area contributed by atoms with Gasteiger partial charge in [-0.05, 0) is 37.0 Å². The first-order valence-corrected chi connectivity index (χ1v) is 8.19. The van der Waals surface area contributed by atoms with Crippen molar-refractivity contribution >= 4 is 17.8 Å². The molecule has 2 rings (SSSR count). The predicted octanol–water partition coefficient (Wildman–Crippen LogP) is 3.38. The van der Waals surface area contributed by atoms with Gasteiger partial charge in [0.2, 0.25) is 5.91 Å². The Morgan fingerprint density at radius 3 is 2.85 bits per heavy atom. The van der Waals surface area contributed by atoms with Crippen molar-refractivity contribution in [2.45, 2.75) is 26.2 Å². The van der Waals surface area contributed by atoms with Gasteiger partial charge in [0.05, 0.1) is 18.2 Å². The van der Waals surface area contributed by atoms with Crippen molar-refractivity contribution in [3.05, 3.63) is 69.3 Å². The highest BCUT2D eigenvalue weighted by Gasteiger charge is 2.06. The molecule has 0 fully saturated rings. The standard InChI is InChI=1S/C19H21N3O4/c1-14-9-10-16(18(11-14)26-2)6-4-8-19(23)21-20-13-15-5-3-7-17(12-15)22(24)25/h3,5,7,9-13H,4,6,8H2,1-2H3,(H,21,23)/b20-13+. The van der Waals surface area contributed by atoms with Crippen molar-refractivity contribution in [2.75, 3.05) is 7.11 Å². The second-order valence-corrected chi connectivity index (χ2v) is 5.81. The van der Waals surface area contributed by atoms with Crippen molar-refractivity contribution < 1.29 is 14.5 Å². The molecule has 0 unspecified atom stereocenters. The lowest BCUT2D eigenvalue weighted by Gasteiger charge is -2.09. The third-order valence-electron chi connectivity index (χ3n) is 3.78. The molecule has 2 aromatic rings. The molecule has 0 spiro atoms. The van der Waals surface area contributed by atoms with Gasteiger partial charge in [-0.3, -0.25) is 14.9 Å². The van der Waals surface area contributed by atoms with Crippen LogP contribution in [0.4, 0.5) is 5.69 Å². The van der Waals surface area contributed by atoms with Gasteiger partial charge in [-0.1, -0.05) is 24.3 Å². The molecule has 0 radical (unpaired) electrons. The lowest BCUT2D eigenvalue weighted by Crippen LogP contribution is -2.17. The first-order chi connectivity index (χ1) is 12.5. The summed E-state index contributed by atoms with van der Waals surface area (Å²) in [7, 11) is 1.63. The molecule has 7 heteroatoms. The number of hydrogen-bond acceptors (Lipinski definition) is 5. The van der Waals surface area contributed by atoms with E-state index in [2.05, 4.69) is 10.5 Å². The van der Waals surface area contributed by atoms with E-state index in [0.717, 1.165) is 23.3 Å². The van der Waals surface area contributed by atoms with Gasteiger partial charge in [-0.2, -0.15) is 5.10 Å². The maximum Gasteiger partial charge on any atom is 0.270 e. The quantitative estimate of drug-likeness (QED) is 0.446. The normalized spacial score (nSPS) is 10.7. The molecular formula is C19H21N3O4. The Morgan fingerprint density at radius 2 is 2.12 bits per heavy atom. The molecular weight excluding hydrogens is 334 g/mol. The van der Waals surface area contributed by atoms with E-state index in [0.29, 0.717) is 18.4 Å². The van der Waals surface area contributed by atoms with Crippen LogP contribution in [0.1, 0.15) is 29.5 Å².